The molecule has 0 amide bonds. The van der Waals surface area contributed by atoms with Crippen LogP contribution in [0.4, 0.5) is 5.69 Å². The van der Waals surface area contributed by atoms with E-state index < -0.39 is 4.92 Å². The number of non-ortho nitro benzene ring substituents is 1. The Bertz CT molecular complexity index is 853. The molecule has 3 unspecified atom stereocenters. The molecule has 176 valence electrons. The van der Waals surface area contributed by atoms with Crippen LogP contribution in [0.5, 0.6) is 5.75 Å². The molecule has 1 aromatic carbocycles. The minimum Gasteiger partial charge on any atom is -0.511 e. The maximum absolute atomic E-state index is 12.7. The van der Waals surface area contributed by atoms with Crippen LogP contribution in [-0.2, 0) is 9.63 Å². The van der Waals surface area contributed by atoms with Gasteiger partial charge in [-0.15, -0.1) is 0 Å². The maximum Gasteiger partial charge on any atom is 0.269 e. The van der Waals surface area contributed by atoms with Crippen molar-refractivity contribution >= 4 is 28.9 Å². The number of nitro groups is 1. The summed E-state index contributed by atoms with van der Waals surface area (Å²) in [6, 6.07) is 5.79. The first-order valence-electron chi connectivity index (χ1n) is 10.9. The Balaban J connectivity index is 1.95. The van der Waals surface area contributed by atoms with Gasteiger partial charge in [0.15, 0.2) is 12.4 Å². The van der Waals surface area contributed by atoms with E-state index in [4.69, 9.17) is 9.57 Å². The number of hydrogen-bond acceptors (Lipinski definition) is 8. The molecule has 0 saturated carbocycles. The fourth-order valence-electron chi connectivity index (χ4n) is 3.71. The number of carbonyl (C=O) groups excluding carboxylic acids is 1. The Morgan fingerprint density at radius 1 is 1.28 bits per heavy atom. The van der Waals surface area contributed by atoms with Crippen LogP contribution >= 0.6 is 11.8 Å². The summed E-state index contributed by atoms with van der Waals surface area (Å²) in [4.78, 5) is 28.4. The number of aliphatic hydroxyl groups excluding tert-OH is 1. The van der Waals surface area contributed by atoms with Crippen molar-refractivity contribution in [3.63, 3.8) is 0 Å². The summed E-state index contributed by atoms with van der Waals surface area (Å²) in [6.07, 6.45) is 1.87. The summed E-state index contributed by atoms with van der Waals surface area (Å²) < 4.78 is 5.68. The van der Waals surface area contributed by atoms with Crippen molar-refractivity contribution in [1.29, 1.82) is 0 Å². The van der Waals surface area contributed by atoms with Crippen molar-refractivity contribution in [2.24, 2.45) is 11.1 Å². The summed E-state index contributed by atoms with van der Waals surface area (Å²) >= 11 is 1.86. The second kappa shape index (κ2) is 12.5. The van der Waals surface area contributed by atoms with Crippen molar-refractivity contribution in [1.82, 2.24) is 0 Å². The molecule has 0 heterocycles. The van der Waals surface area contributed by atoms with Crippen molar-refractivity contribution in [3.8, 4) is 5.75 Å². The van der Waals surface area contributed by atoms with Crippen LogP contribution in [0.1, 0.15) is 53.4 Å². The molecule has 1 aromatic rings. The summed E-state index contributed by atoms with van der Waals surface area (Å²) in [7, 11) is 0. The fourth-order valence-corrected chi connectivity index (χ4v) is 4.69. The molecule has 9 heteroatoms. The van der Waals surface area contributed by atoms with Gasteiger partial charge in [0, 0.05) is 30.2 Å². The Morgan fingerprint density at radius 3 is 2.53 bits per heavy atom. The first-order valence-corrected chi connectivity index (χ1v) is 12.0. The molecule has 0 bridgehead atoms. The minimum atomic E-state index is -0.471. The van der Waals surface area contributed by atoms with Crippen LogP contribution < -0.4 is 4.74 Å². The Kier molecular flexibility index (Phi) is 10.0. The highest BCUT2D eigenvalue weighted by Gasteiger charge is 2.31. The fraction of sp³-hybridized carbons (Fsp3) is 0.565. The van der Waals surface area contributed by atoms with Crippen molar-refractivity contribution < 1.29 is 24.4 Å². The highest BCUT2D eigenvalue weighted by atomic mass is 32.2. The van der Waals surface area contributed by atoms with Crippen molar-refractivity contribution in [2.75, 3.05) is 12.4 Å². The second-order valence-electron chi connectivity index (χ2n) is 7.89. The van der Waals surface area contributed by atoms with Crippen LogP contribution in [0.3, 0.4) is 0 Å². The predicted molar refractivity (Wildman–Crippen MR) is 126 cm³/mol. The lowest BCUT2D eigenvalue weighted by Gasteiger charge is -2.25. The van der Waals surface area contributed by atoms with Gasteiger partial charge in [0.2, 0.25) is 0 Å². The van der Waals surface area contributed by atoms with E-state index in [0.29, 0.717) is 36.0 Å². The number of hydrogen-bond donors (Lipinski definition) is 1. The molecule has 1 aliphatic carbocycles. The number of nitrogens with zero attached hydrogens (tertiary/aromatic N) is 2. The Morgan fingerprint density at radius 2 is 1.97 bits per heavy atom. The first-order chi connectivity index (χ1) is 15.2. The summed E-state index contributed by atoms with van der Waals surface area (Å²) in [5.41, 5.74) is 0.706. The van der Waals surface area contributed by atoms with Gasteiger partial charge in [0.25, 0.3) is 5.69 Å². The van der Waals surface area contributed by atoms with E-state index in [2.05, 4.69) is 19.0 Å². The smallest absolute Gasteiger partial charge is 0.269 e. The molecule has 1 N–H and O–H groups in total. The predicted octanol–water partition coefficient (Wildman–Crippen LogP) is 5.47. The maximum atomic E-state index is 12.7. The molecule has 8 nitrogen and oxygen atoms in total. The standard InChI is InChI=1S/C23H32N2O6S/c1-5-20(23-21(26)12-17(13-22(23)27)11-16(4)32-6-2)24-30-14-15(3)31-19-9-7-18(8-10-19)25(28)29/h7-10,15-17,26H,5-6,11-14H2,1-4H3. The zero-order valence-corrected chi connectivity index (χ0v) is 19.9. The summed E-state index contributed by atoms with van der Waals surface area (Å²) in [5, 5.41) is 25.8. The van der Waals surface area contributed by atoms with Crippen molar-refractivity contribution in [2.45, 2.75) is 64.7 Å². The number of Topliss-reactive ketones (excluding diaryl/α,β-unsaturated/α-hetero) is 1. The Labute approximate surface area is 193 Å². The summed E-state index contributed by atoms with van der Waals surface area (Å²) in [6.45, 7) is 8.03. The van der Waals surface area contributed by atoms with Crippen LogP contribution in [0.2, 0.25) is 0 Å². The number of rotatable bonds is 12. The minimum absolute atomic E-state index is 0.00973. The number of carbonyl (C=O) groups is 1. The van der Waals surface area contributed by atoms with E-state index in [0.717, 1.165) is 12.2 Å². The zero-order chi connectivity index (χ0) is 23.7. The average Bonchev–Trinajstić information content (AvgIpc) is 2.72. The molecule has 0 radical (unpaired) electrons. The quantitative estimate of drug-likeness (QED) is 0.248. The third-order valence-corrected chi connectivity index (χ3v) is 6.23. The number of benzene rings is 1. The van der Waals surface area contributed by atoms with Crippen LogP contribution in [0, 0.1) is 16.0 Å². The van der Waals surface area contributed by atoms with Gasteiger partial charge in [-0.1, -0.05) is 25.9 Å². The molecule has 3 atom stereocenters. The largest absolute Gasteiger partial charge is 0.511 e. The molecule has 2 rings (SSSR count). The van der Waals surface area contributed by atoms with Gasteiger partial charge in [-0.05, 0) is 43.6 Å². The third kappa shape index (κ3) is 7.55. The summed E-state index contributed by atoms with van der Waals surface area (Å²) in [5.74, 6) is 1.67. The van der Waals surface area contributed by atoms with E-state index in [1.807, 2.05) is 18.7 Å². The zero-order valence-electron chi connectivity index (χ0n) is 19.1. The highest BCUT2D eigenvalue weighted by molar-refractivity contribution is 7.99. The lowest BCUT2D eigenvalue weighted by Crippen LogP contribution is -2.26. The third-order valence-electron chi connectivity index (χ3n) is 5.13. The average molecular weight is 465 g/mol. The topological polar surface area (TPSA) is 111 Å². The Hall–Kier alpha value is -2.55. The highest BCUT2D eigenvalue weighted by Crippen LogP contribution is 2.32. The van der Waals surface area contributed by atoms with E-state index in [9.17, 15) is 20.0 Å². The van der Waals surface area contributed by atoms with Gasteiger partial charge >= 0.3 is 0 Å². The lowest BCUT2D eigenvalue weighted by atomic mass is 9.82. The van der Waals surface area contributed by atoms with Gasteiger partial charge in [-0.3, -0.25) is 14.9 Å². The monoisotopic (exact) mass is 464 g/mol. The van der Waals surface area contributed by atoms with E-state index in [1.165, 1.54) is 24.3 Å². The number of ketones is 1. The molecular formula is C23H32N2O6S. The van der Waals surface area contributed by atoms with Crippen molar-refractivity contribution in [3.05, 3.63) is 45.7 Å². The molecule has 0 spiro atoms. The molecule has 0 fully saturated rings. The van der Waals surface area contributed by atoms with Gasteiger partial charge < -0.3 is 14.7 Å². The van der Waals surface area contributed by atoms with Gasteiger partial charge in [0.1, 0.15) is 17.6 Å². The van der Waals surface area contributed by atoms with E-state index >= 15 is 0 Å². The van der Waals surface area contributed by atoms with Gasteiger partial charge in [-0.2, -0.15) is 11.8 Å². The first kappa shape index (κ1) is 25.7. The number of thioether (sulfide) groups is 1. The number of aliphatic hydroxyl groups is 1. The normalized spacial score (nSPS) is 18.9. The van der Waals surface area contributed by atoms with E-state index in [-0.39, 0.29) is 41.4 Å². The van der Waals surface area contributed by atoms with Crippen LogP contribution in [0.15, 0.2) is 40.8 Å². The second-order valence-corrected chi connectivity index (χ2v) is 9.60. The van der Waals surface area contributed by atoms with Gasteiger partial charge in [-0.25, -0.2) is 0 Å². The number of allylic oxidation sites excluding steroid dienone is 2. The van der Waals surface area contributed by atoms with Crippen LogP contribution in [-0.4, -0.2) is 45.2 Å². The SMILES string of the molecule is CCSC(C)CC1CC(=O)C(C(CC)=NOCC(C)Oc2ccc([N+](=O)[O-])cc2)=C(O)C1. The lowest BCUT2D eigenvalue weighted by molar-refractivity contribution is -0.384. The molecule has 32 heavy (non-hydrogen) atoms. The van der Waals surface area contributed by atoms with E-state index in [1.54, 1.807) is 6.92 Å². The number of ether oxygens (including phenoxy) is 1. The van der Waals surface area contributed by atoms with Crippen LogP contribution in [0.25, 0.3) is 0 Å². The molecule has 0 aliphatic heterocycles. The molecule has 0 saturated heterocycles. The molecular weight excluding hydrogens is 432 g/mol. The van der Waals surface area contributed by atoms with Gasteiger partial charge in [0.05, 0.1) is 16.2 Å². The number of nitro benzene ring substituents is 1. The number of oxime groups is 1. The molecule has 0 aromatic heterocycles. The molecule has 1 aliphatic rings.